The second kappa shape index (κ2) is 10.2. The zero-order valence-electron chi connectivity index (χ0n) is 18.7. The average molecular weight is 555 g/mol. The van der Waals surface area contributed by atoms with Gasteiger partial charge in [0.2, 0.25) is 22.6 Å². The van der Waals surface area contributed by atoms with E-state index >= 15 is 0 Å². The van der Waals surface area contributed by atoms with Crippen LogP contribution in [-0.2, 0) is 19.2 Å². The number of nitrogens with two attached hydrogens (primary N) is 1. The highest BCUT2D eigenvalue weighted by molar-refractivity contribution is 8.00. The van der Waals surface area contributed by atoms with Crippen LogP contribution < -0.4 is 11.1 Å². The smallest absolute Gasteiger partial charge is 0.313 e. The van der Waals surface area contributed by atoms with E-state index in [2.05, 4.69) is 40.5 Å². The van der Waals surface area contributed by atoms with Crippen molar-refractivity contribution in [2.45, 2.75) is 48.4 Å². The van der Waals surface area contributed by atoms with E-state index in [0.717, 1.165) is 49.0 Å². The number of oxime groups is 1. The summed E-state index contributed by atoms with van der Waals surface area (Å²) >= 11 is 3.37. The van der Waals surface area contributed by atoms with Gasteiger partial charge in [-0.05, 0) is 30.9 Å². The minimum Gasteiger partial charge on any atom is -0.481 e. The number of fused-ring (bicyclic) bond motifs is 1. The maximum Gasteiger partial charge on any atom is 0.313 e. The van der Waals surface area contributed by atoms with Gasteiger partial charge in [0, 0.05) is 29.6 Å². The highest BCUT2D eigenvalue weighted by Gasteiger charge is 2.57. The van der Waals surface area contributed by atoms with Gasteiger partial charge in [-0.3, -0.25) is 14.4 Å². The van der Waals surface area contributed by atoms with E-state index in [9.17, 15) is 19.5 Å². The molecule has 3 atom stereocenters. The molecule has 15 nitrogen and oxygen atoms in total. The van der Waals surface area contributed by atoms with Gasteiger partial charge < -0.3 is 25.9 Å². The van der Waals surface area contributed by atoms with Crippen molar-refractivity contribution in [2.24, 2.45) is 10.6 Å². The number of hydrogen-bond acceptors (Lipinski definition) is 14. The third-order valence-corrected chi connectivity index (χ3v) is 9.41. The maximum atomic E-state index is 13.1. The fourth-order valence-corrected chi connectivity index (χ4v) is 7.20. The van der Waals surface area contributed by atoms with Crippen LogP contribution in [-0.4, -0.2) is 99.1 Å². The van der Waals surface area contributed by atoms with Gasteiger partial charge in [0.25, 0.3) is 5.91 Å². The van der Waals surface area contributed by atoms with Crippen molar-refractivity contribution in [2.75, 3.05) is 23.8 Å². The fraction of sp³-hybridized carbons (Fsp3) is 0.611. The molecule has 18 heteroatoms. The summed E-state index contributed by atoms with van der Waals surface area (Å²) in [5.74, 6) is -1.63. The predicted octanol–water partition coefficient (Wildman–Crippen LogP) is -0.440. The number of nitrogen functional groups attached to an aromatic ring is 1. The number of thioether (sulfide) groups is 2. The fourth-order valence-electron chi connectivity index (χ4n) is 4.17. The number of carbonyl (C=O) groups excluding carboxylic acids is 2. The molecular formula is C18H22N10O5S3. The van der Waals surface area contributed by atoms with E-state index in [4.69, 9.17) is 10.6 Å². The number of tetrazole rings is 1. The first-order valence-electron chi connectivity index (χ1n) is 11.0. The molecule has 2 aromatic heterocycles. The van der Waals surface area contributed by atoms with Gasteiger partial charge in [-0.1, -0.05) is 16.9 Å². The predicted molar refractivity (Wildman–Crippen MR) is 129 cm³/mol. The lowest BCUT2D eigenvalue weighted by Gasteiger charge is -2.53. The van der Waals surface area contributed by atoms with Crippen LogP contribution in [0.4, 0.5) is 5.13 Å². The van der Waals surface area contributed by atoms with Gasteiger partial charge in [0.05, 0.1) is 0 Å². The minimum absolute atomic E-state index is 0.00592. The maximum absolute atomic E-state index is 13.1. The first kappa shape index (κ1) is 24.7. The summed E-state index contributed by atoms with van der Waals surface area (Å²) in [5, 5.41) is 30.2. The SMILES string of the molecule is Nc1nc(C(=NOC2CCCC2)C(=O)NC2C(=O)N3CC(CSc4nn[nH]n4)(C(=O)O)CS[C@H]23)ns1. The molecule has 2 saturated heterocycles. The number of carbonyl (C=O) groups is 3. The molecule has 2 aliphatic heterocycles. The number of aliphatic carboxylic acids is 1. The Morgan fingerprint density at radius 1 is 1.39 bits per heavy atom. The molecule has 4 heterocycles. The first-order valence-corrected chi connectivity index (χ1v) is 13.8. The second-order valence-corrected chi connectivity index (χ2v) is 11.4. The average Bonchev–Trinajstić information content (AvgIpc) is 3.65. The molecular weight excluding hydrogens is 532 g/mol. The van der Waals surface area contributed by atoms with Crippen molar-refractivity contribution >= 4 is 63.7 Å². The van der Waals surface area contributed by atoms with Gasteiger partial charge in [-0.25, -0.2) is 0 Å². The Balaban J connectivity index is 1.25. The summed E-state index contributed by atoms with van der Waals surface area (Å²) in [6.45, 7) is 0.00592. The number of aromatic amines is 1. The zero-order chi connectivity index (χ0) is 25.3. The van der Waals surface area contributed by atoms with Crippen molar-refractivity contribution in [3.05, 3.63) is 5.82 Å². The topological polar surface area (TPSA) is 215 Å². The van der Waals surface area contributed by atoms with E-state index in [1.54, 1.807) is 0 Å². The highest BCUT2D eigenvalue weighted by atomic mass is 32.2. The third-order valence-electron chi connectivity index (χ3n) is 6.15. The number of nitrogens with one attached hydrogen (secondary N) is 2. The molecule has 0 bridgehead atoms. The number of nitrogens with zero attached hydrogens (tertiary/aromatic N) is 7. The van der Waals surface area contributed by atoms with Gasteiger partial charge in [-0.2, -0.15) is 14.6 Å². The Kier molecular flexibility index (Phi) is 6.98. The van der Waals surface area contributed by atoms with Gasteiger partial charge in [0.15, 0.2) is 5.13 Å². The number of amides is 2. The normalized spacial score (nSPS) is 26.4. The summed E-state index contributed by atoms with van der Waals surface area (Å²) in [7, 11) is 0. The van der Waals surface area contributed by atoms with Crippen LogP contribution in [0.2, 0.25) is 0 Å². The Morgan fingerprint density at radius 2 is 2.19 bits per heavy atom. The Labute approximate surface area is 216 Å². The first-order chi connectivity index (χ1) is 17.4. The number of hydrogen-bond donors (Lipinski definition) is 4. The lowest BCUT2D eigenvalue weighted by molar-refractivity contribution is -0.157. The molecule has 36 heavy (non-hydrogen) atoms. The number of carboxylic acids is 1. The Bertz CT molecular complexity index is 1170. The zero-order valence-corrected chi connectivity index (χ0v) is 21.1. The summed E-state index contributed by atoms with van der Waals surface area (Å²) in [5.41, 5.74) is 4.33. The van der Waals surface area contributed by atoms with Crippen LogP contribution in [0, 0.1) is 5.41 Å². The molecule has 1 aliphatic carbocycles. The molecule has 0 aromatic carbocycles. The van der Waals surface area contributed by atoms with Crippen molar-refractivity contribution in [3.63, 3.8) is 0 Å². The summed E-state index contributed by atoms with van der Waals surface area (Å²) < 4.78 is 4.06. The van der Waals surface area contributed by atoms with Gasteiger partial charge in [0.1, 0.15) is 22.9 Å². The number of H-pyrrole nitrogens is 1. The molecule has 5 N–H and O–H groups in total. The number of rotatable bonds is 9. The molecule has 2 unspecified atom stereocenters. The van der Waals surface area contributed by atoms with E-state index in [1.165, 1.54) is 16.7 Å². The van der Waals surface area contributed by atoms with E-state index in [1.807, 2.05) is 0 Å². The quantitative estimate of drug-likeness (QED) is 0.134. The number of aromatic nitrogens is 6. The van der Waals surface area contributed by atoms with Crippen LogP contribution in [0.1, 0.15) is 31.5 Å². The molecule has 0 spiro atoms. The van der Waals surface area contributed by atoms with Crippen LogP contribution >= 0.6 is 35.1 Å². The lowest BCUT2D eigenvalue weighted by Crippen LogP contribution is -2.74. The van der Waals surface area contributed by atoms with Crippen LogP contribution in [0.25, 0.3) is 0 Å². The number of β-lactam (4-membered cyclic amide) rings is 1. The van der Waals surface area contributed by atoms with Crippen molar-refractivity contribution in [3.8, 4) is 0 Å². The third kappa shape index (κ3) is 4.83. The Hall–Kier alpha value is -2.99. The van der Waals surface area contributed by atoms with Crippen molar-refractivity contribution in [1.29, 1.82) is 0 Å². The summed E-state index contributed by atoms with van der Waals surface area (Å²) in [4.78, 5) is 49.3. The molecule has 2 aromatic rings. The van der Waals surface area contributed by atoms with Crippen LogP contribution in [0.15, 0.2) is 10.3 Å². The number of carboxylic acid groups (broad SMARTS) is 1. The van der Waals surface area contributed by atoms with Crippen LogP contribution in [0.3, 0.4) is 0 Å². The molecule has 192 valence electrons. The molecule has 0 radical (unpaired) electrons. The van der Waals surface area contributed by atoms with Gasteiger partial charge in [-0.15, -0.1) is 22.0 Å². The van der Waals surface area contributed by atoms with E-state index < -0.39 is 28.7 Å². The largest absolute Gasteiger partial charge is 0.481 e. The standard InChI is InChI=1S/C18H22N10O5S3/c19-16-21-11(25-36-16)9(24-33-8-3-1-2-4-8)12(29)20-10-13(30)28-5-18(15(31)32,6-34-14(10)28)7-35-17-22-26-27-23-17/h8,10,14H,1-7H2,(H,20,29)(H,31,32)(H2,19,21,25)(H,22,23,26,27)/t10?,14-,18?/m1/s1. The molecule has 1 saturated carbocycles. The lowest BCUT2D eigenvalue weighted by atomic mass is 9.89. The highest BCUT2D eigenvalue weighted by Crippen LogP contribution is 2.44. The van der Waals surface area contributed by atoms with Gasteiger partial charge >= 0.3 is 5.97 Å². The van der Waals surface area contributed by atoms with E-state index in [0.29, 0.717) is 5.16 Å². The monoisotopic (exact) mass is 554 g/mol. The van der Waals surface area contributed by atoms with Crippen molar-refractivity contribution in [1.82, 2.24) is 40.2 Å². The molecule has 3 fully saturated rings. The van der Waals surface area contributed by atoms with Crippen LogP contribution in [0.5, 0.6) is 0 Å². The number of anilines is 1. The second-order valence-electron chi connectivity index (χ2n) is 8.60. The van der Waals surface area contributed by atoms with Crippen molar-refractivity contribution < 1.29 is 24.3 Å². The molecule has 5 rings (SSSR count). The molecule has 3 aliphatic rings. The molecule has 2 amide bonds. The Morgan fingerprint density at radius 3 is 2.86 bits per heavy atom. The summed E-state index contributed by atoms with van der Waals surface area (Å²) in [6.07, 6.45) is 3.65. The van der Waals surface area contributed by atoms with E-state index in [-0.39, 0.29) is 46.7 Å². The summed E-state index contributed by atoms with van der Waals surface area (Å²) in [6, 6.07) is -0.841. The minimum atomic E-state index is -1.19.